The smallest absolute Gasteiger partial charge is 0.297 e. The van der Waals surface area contributed by atoms with Gasteiger partial charge in [0.25, 0.3) is 21.6 Å². The quantitative estimate of drug-likeness (QED) is 0.102. The first-order chi connectivity index (χ1) is 34.0. The number of ether oxygens (including phenoxy) is 4. The summed E-state index contributed by atoms with van der Waals surface area (Å²) in [7, 11) is -4.69. The SMILES string of the molecule is Cc1ccccc1[C@@H]1CCCN1C1CC2(CCN(c3ccc(C(=O)NS(=O)(=O)c4cc5c(c([N+](=O)[O-])c4)N[C@@H](CN4C[C@@H]6C[C@H]4CO6)CO5)c(N4c5cc6cc[nH]c6nc5O[C@@H]5COC[C@H]54)c3)CC2)C1. The Balaban J connectivity index is 0.784. The maximum atomic E-state index is 14.7. The van der Waals surface area contributed by atoms with Crippen LogP contribution in [0, 0.1) is 22.5 Å². The van der Waals surface area contributed by atoms with Gasteiger partial charge in [-0.3, -0.25) is 24.7 Å². The number of hydrogen-bond acceptors (Lipinski definition) is 15. The fraction of sp³-hybridized carbons (Fsp3) is 0.490. The van der Waals surface area contributed by atoms with E-state index < -0.39 is 37.5 Å². The molecule has 6 atom stereocenters. The Labute approximate surface area is 405 Å². The lowest BCUT2D eigenvalue weighted by atomic mass is 9.59. The number of carbonyl (C=O) groups excluding carboxylic acids is 1. The molecule has 1 saturated carbocycles. The highest BCUT2D eigenvalue weighted by atomic mass is 32.2. The van der Waals surface area contributed by atoms with E-state index in [4.69, 9.17) is 23.9 Å². The minimum atomic E-state index is -4.69. The number of likely N-dealkylation sites (tertiary alicyclic amines) is 2. The number of nitrogens with one attached hydrogen (secondary N) is 3. The van der Waals surface area contributed by atoms with Crippen LogP contribution < -0.4 is 29.3 Å². The summed E-state index contributed by atoms with van der Waals surface area (Å²) in [6, 6.07) is 21.2. The summed E-state index contributed by atoms with van der Waals surface area (Å²) >= 11 is 0. The van der Waals surface area contributed by atoms with Gasteiger partial charge in [0.05, 0.1) is 59.1 Å². The van der Waals surface area contributed by atoms with Crippen molar-refractivity contribution in [2.75, 3.05) is 74.3 Å². The number of rotatable bonds is 10. The number of H-pyrrole nitrogens is 1. The third-order valence-corrected chi connectivity index (χ3v) is 18.0. The summed E-state index contributed by atoms with van der Waals surface area (Å²) < 4.78 is 55.1. The van der Waals surface area contributed by atoms with Crippen LogP contribution in [-0.4, -0.2) is 135 Å². The Morgan fingerprint density at radius 2 is 1.84 bits per heavy atom. The lowest BCUT2D eigenvalue weighted by Crippen LogP contribution is -2.55. The molecule has 1 amide bonds. The predicted octanol–water partition coefficient (Wildman–Crippen LogP) is 6.43. The lowest BCUT2D eigenvalue weighted by molar-refractivity contribution is -0.384. The number of benzene rings is 3. The first-order valence-corrected chi connectivity index (χ1v) is 26.3. The molecule has 70 heavy (non-hydrogen) atoms. The number of amides is 1. The average molecular weight is 972 g/mol. The zero-order valence-corrected chi connectivity index (χ0v) is 39.9. The molecule has 2 bridgehead atoms. The van der Waals surface area contributed by atoms with Gasteiger partial charge >= 0.3 is 0 Å². The molecular weight excluding hydrogens is 915 g/mol. The topological polar surface area (TPSA) is 197 Å². The van der Waals surface area contributed by atoms with E-state index in [2.05, 4.69) is 60.9 Å². The minimum Gasteiger partial charge on any atom is -0.489 e. The van der Waals surface area contributed by atoms with Crippen LogP contribution in [0.1, 0.15) is 72.5 Å². The Hall–Kier alpha value is -5.99. The number of hydrogen-bond donors (Lipinski definition) is 3. The number of fused-ring (bicyclic) bond motifs is 6. The van der Waals surface area contributed by atoms with Crippen LogP contribution in [-0.2, 0) is 19.5 Å². The number of pyridine rings is 1. The molecular formula is C51H57N9O9S. The molecule has 3 aromatic carbocycles. The van der Waals surface area contributed by atoms with Gasteiger partial charge in [-0.2, -0.15) is 4.98 Å². The normalized spacial score (nSPS) is 27.1. The first-order valence-electron chi connectivity index (χ1n) is 24.8. The monoisotopic (exact) mass is 971 g/mol. The van der Waals surface area contributed by atoms with E-state index in [1.807, 2.05) is 29.2 Å². The van der Waals surface area contributed by atoms with Crippen LogP contribution in [0.15, 0.2) is 77.8 Å². The van der Waals surface area contributed by atoms with Crippen LogP contribution in [0.3, 0.4) is 0 Å². The van der Waals surface area contributed by atoms with Crippen molar-refractivity contribution in [2.24, 2.45) is 5.41 Å². The third-order valence-electron chi connectivity index (χ3n) is 16.7. The molecule has 9 heterocycles. The van der Waals surface area contributed by atoms with Crippen LogP contribution in [0.2, 0.25) is 0 Å². The number of aromatic nitrogens is 2. The van der Waals surface area contributed by atoms with E-state index in [-0.39, 0.29) is 41.8 Å². The first kappa shape index (κ1) is 44.0. The second kappa shape index (κ2) is 16.8. The Morgan fingerprint density at radius 1 is 0.986 bits per heavy atom. The third kappa shape index (κ3) is 7.54. The fourth-order valence-electron chi connectivity index (χ4n) is 13.1. The van der Waals surface area contributed by atoms with Gasteiger partial charge in [-0.1, -0.05) is 24.3 Å². The van der Waals surface area contributed by atoms with Crippen molar-refractivity contribution in [1.29, 1.82) is 0 Å². The van der Waals surface area contributed by atoms with E-state index in [0.29, 0.717) is 72.8 Å². The van der Waals surface area contributed by atoms with E-state index >= 15 is 0 Å². The zero-order chi connectivity index (χ0) is 47.5. The van der Waals surface area contributed by atoms with Crippen molar-refractivity contribution in [2.45, 2.75) is 99.2 Å². The second-order valence-corrected chi connectivity index (χ2v) is 22.5. The number of sulfonamides is 1. The number of carbonyl (C=O) groups is 1. The minimum absolute atomic E-state index is 0.0265. The van der Waals surface area contributed by atoms with E-state index in [9.17, 15) is 23.3 Å². The van der Waals surface area contributed by atoms with Gasteiger partial charge < -0.3 is 39.0 Å². The molecule has 18 nitrogen and oxygen atoms in total. The molecule has 2 aromatic heterocycles. The van der Waals surface area contributed by atoms with Crippen molar-refractivity contribution < 1.29 is 37.1 Å². The van der Waals surface area contributed by atoms with Crippen molar-refractivity contribution >= 4 is 55.4 Å². The van der Waals surface area contributed by atoms with Crippen LogP contribution in [0.5, 0.6) is 11.6 Å². The van der Waals surface area contributed by atoms with Gasteiger partial charge in [0.1, 0.15) is 24.0 Å². The molecule has 1 aliphatic carbocycles. The van der Waals surface area contributed by atoms with Crippen molar-refractivity contribution in [3.63, 3.8) is 0 Å². The lowest BCUT2D eigenvalue weighted by Gasteiger charge is -2.56. The number of aryl methyl sites for hydroxylation is 1. The highest BCUT2D eigenvalue weighted by Gasteiger charge is 2.50. The standard InChI is InChI=1S/C51H57N9O9S/c1-30-5-2-3-6-38(30)40-7-4-14-58(40)35-22-51(23-35)11-15-56(16-12-51)33-8-9-39(41(19-33)59-43-17-31-10-13-52-48(31)54-50(43)69-46-29-66-28-44(46)59)49(61)55-70(64,65)37-20-42(60(62)63)47-45(21-37)68-26-32(53-47)24-57-25-36-18-34(57)27-67-36/h2-3,5-6,8-10,13,17,19-21,32,34-36,40,44,46,53H,4,7,11-12,14-16,18,22-29H2,1H3,(H,52,54)(H,55,61)/t32-,34-,36-,40-,44+,46+/m0/s1. The predicted molar refractivity (Wildman–Crippen MR) is 261 cm³/mol. The van der Waals surface area contributed by atoms with Crippen molar-refractivity contribution in [3.8, 4) is 11.6 Å². The molecule has 366 valence electrons. The van der Waals surface area contributed by atoms with Crippen molar-refractivity contribution in [3.05, 3.63) is 99.7 Å². The van der Waals surface area contributed by atoms with Gasteiger partial charge in [-0.25, -0.2) is 13.1 Å². The molecule has 8 aliphatic rings. The summed E-state index contributed by atoms with van der Waals surface area (Å²) in [5.41, 5.74) is 5.52. The van der Waals surface area contributed by atoms with Gasteiger partial charge in [0, 0.05) is 73.7 Å². The number of morpholine rings is 1. The van der Waals surface area contributed by atoms with E-state index in [0.717, 1.165) is 62.6 Å². The summed E-state index contributed by atoms with van der Waals surface area (Å²) in [5.74, 6) is -0.501. The van der Waals surface area contributed by atoms with Gasteiger partial charge in [-0.05, 0) is 105 Å². The maximum absolute atomic E-state index is 14.7. The summed E-state index contributed by atoms with van der Waals surface area (Å²) in [6.07, 6.45) is 9.48. The summed E-state index contributed by atoms with van der Waals surface area (Å²) in [5, 5.41) is 16.6. The number of piperidine rings is 1. The largest absolute Gasteiger partial charge is 0.489 e. The Kier molecular flexibility index (Phi) is 10.6. The number of nitro groups is 1. The molecule has 1 spiro atoms. The Bertz CT molecular complexity index is 3020. The van der Waals surface area contributed by atoms with Crippen LogP contribution >= 0.6 is 0 Å². The van der Waals surface area contributed by atoms with Crippen LogP contribution in [0.25, 0.3) is 11.0 Å². The average Bonchev–Trinajstić information content (AvgIpc) is 4.22. The zero-order valence-electron chi connectivity index (χ0n) is 39.0. The van der Waals surface area contributed by atoms with Gasteiger partial charge in [0.15, 0.2) is 11.4 Å². The number of aromatic amines is 1. The molecule has 7 aliphatic heterocycles. The van der Waals surface area contributed by atoms with Crippen molar-refractivity contribution in [1.82, 2.24) is 24.5 Å². The molecule has 0 radical (unpaired) electrons. The number of nitro benzene ring substituents is 1. The molecule has 5 aromatic rings. The molecule has 19 heteroatoms. The molecule has 5 saturated heterocycles. The summed E-state index contributed by atoms with van der Waals surface area (Å²) in [6.45, 7) is 7.89. The van der Waals surface area contributed by atoms with Gasteiger partial charge in [0.2, 0.25) is 5.88 Å². The molecule has 13 rings (SSSR count). The maximum Gasteiger partial charge on any atom is 0.297 e. The molecule has 3 N–H and O–H groups in total. The molecule has 0 unspecified atom stereocenters. The number of nitrogens with zero attached hydrogens (tertiary/aromatic N) is 6. The van der Waals surface area contributed by atoms with Gasteiger partial charge in [-0.15, -0.1) is 0 Å². The van der Waals surface area contributed by atoms with Crippen LogP contribution in [0.4, 0.5) is 28.4 Å². The summed E-state index contributed by atoms with van der Waals surface area (Å²) in [4.78, 5) is 43.6. The van der Waals surface area contributed by atoms with E-state index in [1.165, 1.54) is 42.9 Å². The highest BCUT2D eigenvalue weighted by Crippen LogP contribution is 2.55. The van der Waals surface area contributed by atoms with E-state index in [1.54, 1.807) is 12.3 Å². The molecule has 6 fully saturated rings. The Morgan fingerprint density at radius 3 is 2.64 bits per heavy atom. The highest BCUT2D eigenvalue weighted by molar-refractivity contribution is 7.90. The number of anilines is 4. The second-order valence-electron chi connectivity index (χ2n) is 20.8. The fourth-order valence-corrected chi connectivity index (χ4v) is 14.1.